The number of halogens is 1. The number of hydrogen-bond acceptors (Lipinski definition) is 3. The summed E-state index contributed by atoms with van der Waals surface area (Å²) in [6.45, 7) is 11.0. The van der Waals surface area contributed by atoms with Crippen molar-refractivity contribution in [2.75, 3.05) is 6.61 Å². The van der Waals surface area contributed by atoms with Crippen LogP contribution >= 0.6 is 11.6 Å². The highest BCUT2D eigenvalue weighted by Crippen LogP contribution is 2.27. The molecule has 18 heavy (non-hydrogen) atoms. The van der Waals surface area contributed by atoms with Crippen molar-refractivity contribution >= 4 is 11.6 Å². The monoisotopic (exact) mass is 270 g/mol. The molecule has 0 fully saturated rings. The molecule has 1 aromatic heterocycles. The topological polar surface area (TPSA) is 35.0 Å². The molecule has 1 heterocycles. The van der Waals surface area contributed by atoms with Crippen molar-refractivity contribution in [1.29, 1.82) is 0 Å². The number of ether oxygens (including phenoxy) is 1. The fraction of sp³-hybridized carbons (Fsp3) is 0.714. The number of hydrogen-bond donors (Lipinski definition) is 0. The first-order chi connectivity index (χ1) is 8.41. The molecular weight excluding hydrogens is 248 g/mol. The minimum Gasteiger partial charge on any atom is -0.368 e. The molecule has 1 rings (SSSR count). The summed E-state index contributed by atoms with van der Waals surface area (Å²) in [5, 5.41) is 0.495. The van der Waals surface area contributed by atoms with Gasteiger partial charge in [0.05, 0.1) is 0 Å². The third-order valence-electron chi connectivity index (χ3n) is 2.98. The van der Waals surface area contributed by atoms with E-state index in [-0.39, 0.29) is 0 Å². The van der Waals surface area contributed by atoms with Gasteiger partial charge in [0.15, 0.2) is 5.82 Å². The van der Waals surface area contributed by atoms with Crippen molar-refractivity contribution in [2.24, 2.45) is 5.92 Å². The summed E-state index contributed by atoms with van der Waals surface area (Å²) in [6, 6.07) is 1.84. The van der Waals surface area contributed by atoms with Crippen molar-refractivity contribution < 1.29 is 4.74 Å². The molecule has 0 saturated heterocycles. The highest BCUT2D eigenvalue weighted by molar-refractivity contribution is 6.29. The summed E-state index contributed by atoms with van der Waals surface area (Å²) in [6.07, 6.45) is 1.73. The average molecular weight is 271 g/mol. The van der Waals surface area contributed by atoms with E-state index in [2.05, 4.69) is 30.7 Å². The fourth-order valence-corrected chi connectivity index (χ4v) is 2.07. The van der Waals surface area contributed by atoms with Gasteiger partial charge in [-0.05, 0) is 38.7 Å². The van der Waals surface area contributed by atoms with Gasteiger partial charge in [-0.15, -0.1) is 0 Å². The molecule has 0 aliphatic rings. The minimum atomic E-state index is -0.453. The van der Waals surface area contributed by atoms with Crippen LogP contribution in [0.1, 0.15) is 52.6 Å². The summed E-state index contributed by atoms with van der Waals surface area (Å²) < 4.78 is 5.80. The molecule has 4 heteroatoms. The largest absolute Gasteiger partial charge is 0.368 e. The van der Waals surface area contributed by atoms with Crippen LogP contribution in [0.15, 0.2) is 6.07 Å². The van der Waals surface area contributed by atoms with Crippen LogP contribution in [0.3, 0.4) is 0 Å². The van der Waals surface area contributed by atoms with Crippen molar-refractivity contribution in [3.05, 3.63) is 22.7 Å². The van der Waals surface area contributed by atoms with Crippen LogP contribution in [-0.2, 0) is 16.8 Å². The van der Waals surface area contributed by atoms with E-state index in [1.165, 1.54) is 0 Å². The maximum Gasteiger partial charge on any atom is 0.161 e. The Morgan fingerprint density at radius 1 is 1.33 bits per heavy atom. The van der Waals surface area contributed by atoms with Crippen LogP contribution < -0.4 is 0 Å². The van der Waals surface area contributed by atoms with Crippen molar-refractivity contribution in [3.63, 3.8) is 0 Å². The lowest BCUT2D eigenvalue weighted by atomic mass is 10.0. The fourth-order valence-electron chi connectivity index (χ4n) is 1.87. The molecule has 0 aromatic carbocycles. The molecule has 0 N–H and O–H groups in total. The Morgan fingerprint density at radius 2 is 2.00 bits per heavy atom. The normalized spacial score (nSPS) is 14.8. The highest BCUT2D eigenvalue weighted by Gasteiger charge is 2.29. The number of nitrogens with zero attached hydrogens (tertiary/aromatic N) is 2. The van der Waals surface area contributed by atoms with E-state index in [9.17, 15) is 0 Å². The van der Waals surface area contributed by atoms with E-state index >= 15 is 0 Å². The van der Waals surface area contributed by atoms with E-state index < -0.39 is 5.60 Å². The summed E-state index contributed by atoms with van der Waals surface area (Å²) in [7, 11) is 0. The van der Waals surface area contributed by atoms with Crippen LogP contribution in [0.2, 0.25) is 5.15 Å². The molecule has 102 valence electrons. The molecule has 1 unspecified atom stereocenters. The van der Waals surface area contributed by atoms with Gasteiger partial charge in [-0.1, -0.05) is 32.4 Å². The first-order valence-corrected chi connectivity index (χ1v) is 6.97. The lowest BCUT2D eigenvalue weighted by Gasteiger charge is -2.27. The van der Waals surface area contributed by atoms with Gasteiger partial charge in [0.25, 0.3) is 0 Å². The van der Waals surface area contributed by atoms with Crippen LogP contribution in [0.4, 0.5) is 0 Å². The molecule has 1 aromatic rings. The molecule has 0 aliphatic heterocycles. The van der Waals surface area contributed by atoms with Gasteiger partial charge in [-0.25, -0.2) is 9.97 Å². The lowest BCUT2D eigenvalue weighted by molar-refractivity contribution is -0.0392. The Hall–Kier alpha value is -0.670. The quantitative estimate of drug-likeness (QED) is 0.733. The molecule has 1 atom stereocenters. The second kappa shape index (κ2) is 6.48. The highest BCUT2D eigenvalue weighted by atomic mass is 35.5. The molecule has 0 spiro atoms. The van der Waals surface area contributed by atoms with Gasteiger partial charge in [-0.2, -0.15) is 0 Å². The summed E-state index contributed by atoms with van der Waals surface area (Å²) in [5.41, 5.74) is 0.533. The zero-order valence-electron chi connectivity index (χ0n) is 12.0. The van der Waals surface area contributed by atoms with Gasteiger partial charge in [0, 0.05) is 12.3 Å². The van der Waals surface area contributed by atoms with Crippen molar-refractivity contribution in [2.45, 2.75) is 53.1 Å². The van der Waals surface area contributed by atoms with E-state index in [1.807, 2.05) is 19.9 Å². The number of rotatable bonds is 6. The third-order valence-corrected chi connectivity index (χ3v) is 3.17. The molecule has 0 saturated carbocycles. The first kappa shape index (κ1) is 15.4. The molecule has 0 bridgehead atoms. The van der Waals surface area contributed by atoms with Crippen LogP contribution in [0.5, 0.6) is 0 Å². The molecule has 0 amide bonds. The number of aromatic nitrogens is 2. The Morgan fingerprint density at radius 3 is 2.50 bits per heavy atom. The van der Waals surface area contributed by atoms with Gasteiger partial charge in [-0.3, -0.25) is 0 Å². The Bertz CT molecular complexity index is 395. The molecule has 0 radical (unpaired) electrons. The first-order valence-electron chi connectivity index (χ1n) is 6.59. The zero-order chi connectivity index (χ0) is 13.8. The maximum atomic E-state index is 6.09. The summed E-state index contributed by atoms with van der Waals surface area (Å²) in [4.78, 5) is 8.95. The Balaban J connectivity index is 3.11. The van der Waals surface area contributed by atoms with Crippen LogP contribution in [0, 0.1) is 5.92 Å². The van der Waals surface area contributed by atoms with Gasteiger partial charge >= 0.3 is 0 Å². The Kier molecular flexibility index (Phi) is 5.54. The standard InChI is InChI=1S/C14H23ClN2O/c1-6-14(5,18-7-2)13-16-11(8-10(3)4)9-12(15)17-13/h9-10H,6-8H2,1-5H3. The summed E-state index contributed by atoms with van der Waals surface area (Å²) in [5.74, 6) is 1.23. The van der Waals surface area contributed by atoms with E-state index in [1.54, 1.807) is 0 Å². The second-order valence-corrected chi connectivity index (χ2v) is 5.51. The maximum absolute atomic E-state index is 6.09. The van der Waals surface area contributed by atoms with Crippen LogP contribution in [0.25, 0.3) is 0 Å². The van der Waals surface area contributed by atoms with E-state index in [4.69, 9.17) is 16.3 Å². The van der Waals surface area contributed by atoms with Gasteiger partial charge in [0.2, 0.25) is 0 Å². The lowest BCUT2D eigenvalue weighted by Crippen LogP contribution is -2.28. The average Bonchev–Trinajstić information content (AvgIpc) is 2.27. The minimum absolute atomic E-state index is 0.453. The van der Waals surface area contributed by atoms with E-state index in [0.29, 0.717) is 23.5 Å². The predicted octanol–water partition coefficient (Wildman–Crippen LogP) is 3.99. The van der Waals surface area contributed by atoms with E-state index in [0.717, 1.165) is 18.5 Å². The SMILES string of the molecule is CCOC(C)(CC)c1nc(Cl)cc(CC(C)C)n1. The van der Waals surface area contributed by atoms with Crippen molar-refractivity contribution in [3.8, 4) is 0 Å². The third kappa shape index (κ3) is 3.92. The van der Waals surface area contributed by atoms with Gasteiger partial charge < -0.3 is 4.74 Å². The van der Waals surface area contributed by atoms with Crippen LogP contribution in [-0.4, -0.2) is 16.6 Å². The van der Waals surface area contributed by atoms with Crippen molar-refractivity contribution in [1.82, 2.24) is 9.97 Å². The molecule has 3 nitrogen and oxygen atoms in total. The van der Waals surface area contributed by atoms with Gasteiger partial charge in [0.1, 0.15) is 10.8 Å². The predicted molar refractivity (Wildman–Crippen MR) is 74.9 cm³/mol. The molecular formula is C14H23ClN2O. The zero-order valence-corrected chi connectivity index (χ0v) is 12.7. The second-order valence-electron chi connectivity index (χ2n) is 5.12. The Labute approximate surface area is 115 Å². The smallest absolute Gasteiger partial charge is 0.161 e. The summed E-state index contributed by atoms with van der Waals surface area (Å²) >= 11 is 6.09. The molecule has 0 aliphatic carbocycles.